The number of aryl methyl sites for hydroxylation is 1. The van der Waals surface area contributed by atoms with Gasteiger partial charge in [0.2, 0.25) is 0 Å². The number of anilines is 1. The van der Waals surface area contributed by atoms with Crippen LogP contribution in [0.2, 0.25) is 0 Å². The Bertz CT molecular complexity index is 1300. The van der Waals surface area contributed by atoms with Crippen LogP contribution in [0.25, 0.3) is 10.9 Å². The summed E-state index contributed by atoms with van der Waals surface area (Å²) in [6.45, 7) is 0. The Hall–Kier alpha value is -3.73. The topological polar surface area (TPSA) is 127 Å². The first-order chi connectivity index (χ1) is 15.6. The van der Waals surface area contributed by atoms with E-state index in [0.29, 0.717) is 33.7 Å². The molecule has 176 valence electrons. The molecule has 0 radical (unpaired) electrons. The molecule has 0 bridgehead atoms. The maximum absolute atomic E-state index is 13.5. The van der Waals surface area contributed by atoms with Gasteiger partial charge in [-0.15, -0.1) is 0 Å². The summed E-state index contributed by atoms with van der Waals surface area (Å²) in [6, 6.07) is 8.61. The number of fused-ring (bicyclic) bond motifs is 1. The smallest absolute Gasteiger partial charge is 0.321 e. The Labute approximate surface area is 191 Å². The number of amides is 2. The highest BCUT2D eigenvalue weighted by Gasteiger charge is 2.23. The van der Waals surface area contributed by atoms with Crippen LogP contribution in [0.5, 0.6) is 11.5 Å². The first-order valence-corrected chi connectivity index (χ1v) is 11.3. The van der Waals surface area contributed by atoms with Gasteiger partial charge < -0.3 is 24.8 Å². The lowest BCUT2D eigenvalue weighted by Crippen LogP contribution is -2.27. The number of hydrogen-bond acceptors (Lipinski definition) is 6. The number of carboxylic acid groups (broad SMARTS) is 1. The molecule has 0 aliphatic heterocycles. The number of nitrogens with one attached hydrogen (secondary N) is 1. The van der Waals surface area contributed by atoms with E-state index in [0.717, 1.165) is 3.97 Å². The van der Waals surface area contributed by atoms with Crippen LogP contribution in [0.1, 0.15) is 12.0 Å². The number of aromatic nitrogens is 1. The third kappa shape index (κ3) is 4.87. The number of ether oxygens (including phenoxy) is 2. The highest BCUT2D eigenvalue weighted by Crippen LogP contribution is 2.36. The summed E-state index contributed by atoms with van der Waals surface area (Å²) in [5, 5.41) is 12.3. The van der Waals surface area contributed by atoms with Crippen LogP contribution < -0.4 is 14.8 Å². The zero-order chi connectivity index (χ0) is 24.3. The molecule has 0 fully saturated rings. The maximum Gasteiger partial charge on any atom is 0.321 e. The summed E-state index contributed by atoms with van der Waals surface area (Å²) >= 11 is 0. The average Bonchev–Trinajstić information content (AvgIpc) is 3.15. The van der Waals surface area contributed by atoms with E-state index in [2.05, 4.69) is 5.32 Å². The lowest BCUT2D eigenvalue weighted by atomic mass is 10.1. The van der Waals surface area contributed by atoms with Gasteiger partial charge in [-0.1, -0.05) is 0 Å². The third-order valence-electron chi connectivity index (χ3n) is 5.04. The van der Waals surface area contributed by atoms with E-state index in [1.165, 1.54) is 49.6 Å². The predicted molar refractivity (Wildman–Crippen MR) is 123 cm³/mol. The summed E-state index contributed by atoms with van der Waals surface area (Å²) < 4.78 is 38.7. The Morgan fingerprint density at radius 2 is 1.67 bits per heavy atom. The van der Waals surface area contributed by atoms with Crippen LogP contribution in [0.4, 0.5) is 10.5 Å². The highest BCUT2D eigenvalue weighted by molar-refractivity contribution is 7.90. The molecule has 3 aromatic rings. The van der Waals surface area contributed by atoms with E-state index < -0.39 is 16.0 Å². The molecule has 0 spiro atoms. The van der Waals surface area contributed by atoms with Crippen LogP contribution in [-0.4, -0.2) is 62.7 Å². The Morgan fingerprint density at radius 3 is 2.21 bits per heavy atom. The molecule has 0 atom stereocenters. The molecule has 0 aliphatic carbocycles. The van der Waals surface area contributed by atoms with Crippen LogP contribution in [0.15, 0.2) is 47.5 Å². The van der Waals surface area contributed by atoms with Gasteiger partial charge in [0.05, 0.1) is 24.6 Å². The summed E-state index contributed by atoms with van der Waals surface area (Å²) in [5.74, 6) is -0.251. The van der Waals surface area contributed by atoms with Crippen molar-refractivity contribution in [2.24, 2.45) is 0 Å². The van der Waals surface area contributed by atoms with Crippen LogP contribution in [0, 0.1) is 0 Å². The largest absolute Gasteiger partial charge is 0.493 e. The van der Waals surface area contributed by atoms with Gasteiger partial charge in [-0.3, -0.25) is 4.79 Å². The molecule has 11 heteroatoms. The van der Waals surface area contributed by atoms with Crippen LogP contribution >= 0.6 is 0 Å². The number of methoxy groups -OCH3 is 2. The molecule has 0 unspecified atom stereocenters. The molecular formula is C22H25N3O7S. The minimum absolute atomic E-state index is 0.00169. The molecule has 33 heavy (non-hydrogen) atoms. The number of rotatable bonds is 8. The first-order valence-electron chi connectivity index (χ1n) is 9.90. The summed E-state index contributed by atoms with van der Waals surface area (Å²) in [6.07, 6.45) is 1.40. The van der Waals surface area contributed by atoms with Crippen molar-refractivity contribution in [2.45, 2.75) is 17.7 Å². The lowest BCUT2D eigenvalue weighted by Gasteiger charge is -2.13. The van der Waals surface area contributed by atoms with E-state index in [1.54, 1.807) is 26.2 Å². The predicted octanol–water partition coefficient (Wildman–Crippen LogP) is 3.01. The molecule has 0 aliphatic rings. The lowest BCUT2D eigenvalue weighted by molar-refractivity contribution is -0.136. The fourth-order valence-electron chi connectivity index (χ4n) is 3.29. The SMILES string of the molecule is COc1cc2c(CCC(=O)O)cn(S(=O)(=O)c3ccc(NC(=O)N(C)C)cc3)c2cc1OC. The number of nitrogens with zero attached hydrogens (tertiary/aromatic N) is 2. The van der Waals surface area contributed by atoms with Gasteiger partial charge in [-0.05, 0) is 42.3 Å². The monoisotopic (exact) mass is 475 g/mol. The molecule has 10 nitrogen and oxygen atoms in total. The zero-order valence-electron chi connectivity index (χ0n) is 18.7. The summed E-state index contributed by atoms with van der Waals surface area (Å²) in [7, 11) is 2.05. The number of aliphatic carboxylic acids is 1. The number of carboxylic acids is 1. The van der Waals surface area contributed by atoms with Crippen molar-refractivity contribution in [3.63, 3.8) is 0 Å². The Balaban J connectivity index is 2.10. The van der Waals surface area contributed by atoms with Gasteiger partial charge in [0.15, 0.2) is 11.5 Å². The number of urea groups is 1. The summed E-state index contributed by atoms with van der Waals surface area (Å²) in [4.78, 5) is 24.3. The molecule has 2 aromatic carbocycles. The molecular weight excluding hydrogens is 450 g/mol. The van der Waals surface area contributed by atoms with E-state index in [9.17, 15) is 18.0 Å². The van der Waals surface area contributed by atoms with Gasteiger partial charge in [0, 0.05) is 43.9 Å². The average molecular weight is 476 g/mol. The fourth-order valence-corrected chi connectivity index (χ4v) is 4.67. The molecule has 2 amide bonds. The standard InChI is InChI=1S/C22H25N3O7S/c1-24(2)22(28)23-15-6-8-16(9-7-15)33(29,30)25-13-14(5-10-21(26)27)17-11-19(31-3)20(32-4)12-18(17)25/h6-9,11-13H,5,10H2,1-4H3,(H,23,28)(H,26,27). The third-order valence-corrected chi connectivity index (χ3v) is 6.72. The van der Waals surface area contributed by atoms with Gasteiger partial charge in [-0.2, -0.15) is 0 Å². The molecule has 0 saturated carbocycles. The number of hydrogen-bond donors (Lipinski definition) is 2. The van der Waals surface area contributed by atoms with Crippen LogP contribution in [-0.2, 0) is 21.2 Å². The van der Waals surface area contributed by atoms with E-state index in [4.69, 9.17) is 14.6 Å². The van der Waals surface area contributed by atoms with Crippen molar-refractivity contribution in [2.75, 3.05) is 33.6 Å². The Morgan fingerprint density at radius 1 is 1.06 bits per heavy atom. The van der Waals surface area contributed by atoms with E-state index in [1.807, 2.05) is 0 Å². The van der Waals surface area contributed by atoms with Crippen molar-refractivity contribution in [3.05, 3.63) is 48.2 Å². The number of carbonyl (C=O) groups excluding carboxylic acids is 1. The maximum atomic E-state index is 13.5. The van der Waals surface area contributed by atoms with Crippen molar-refractivity contribution in [1.29, 1.82) is 0 Å². The van der Waals surface area contributed by atoms with Crippen molar-refractivity contribution in [3.8, 4) is 11.5 Å². The second kappa shape index (κ2) is 9.41. The normalized spacial score (nSPS) is 11.3. The molecule has 1 heterocycles. The number of carbonyl (C=O) groups is 2. The molecule has 0 saturated heterocycles. The minimum atomic E-state index is -4.04. The molecule has 1 aromatic heterocycles. The molecule has 2 N–H and O–H groups in total. The second-order valence-corrected chi connectivity index (χ2v) is 9.24. The second-order valence-electron chi connectivity index (χ2n) is 7.42. The zero-order valence-corrected chi connectivity index (χ0v) is 19.5. The summed E-state index contributed by atoms with van der Waals surface area (Å²) in [5.41, 5.74) is 1.32. The van der Waals surface area contributed by atoms with Crippen LogP contribution in [0.3, 0.4) is 0 Å². The van der Waals surface area contributed by atoms with Gasteiger partial charge in [0.25, 0.3) is 10.0 Å². The van der Waals surface area contributed by atoms with Crippen molar-refractivity contribution < 1.29 is 32.6 Å². The quantitative estimate of drug-likeness (QED) is 0.513. The minimum Gasteiger partial charge on any atom is -0.493 e. The Kier molecular flexibility index (Phi) is 6.82. The van der Waals surface area contributed by atoms with Crippen molar-refractivity contribution >= 4 is 38.6 Å². The van der Waals surface area contributed by atoms with Crippen molar-refractivity contribution in [1.82, 2.24) is 8.87 Å². The van der Waals surface area contributed by atoms with E-state index >= 15 is 0 Å². The fraction of sp³-hybridized carbons (Fsp3) is 0.273. The van der Waals surface area contributed by atoms with Gasteiger partial charge >= 0.3 is 12.0 Å². The van der Waals surface area contributed by atoms with Gasteiger partial charge in [0.1, 0.15) is 0 Å². The number of benzene rings is 2. The first kappa shape index (κ1) is 23.9. The highest BCUT2D eigenvalue weighted by atomic mass is 32.2. The molecule has 3 rings (SSSR count). The van der Waals surface area contributed by atoms with Gasteiger partial charge in [-0.25, -0.2) is 17.2 Å². The van der Waals surface area contributed by atoms with E-state index in [-0.39, 0.29) is 23.8 Å².